The van der Waals surface area contributed by atoms with Gasteiger partial charge in [-0.1, -0.05) is 48.0 Å². The van der Waals surface area contributed by atoms with E-state index in [1.54, 1.807) is 7.11 Å². The van der Waals surface area contributed by atoms with E-state index < -0.39 is 0 Å². The molecule has 0 radical (unpaired) electrons. The standard InChI is InChI=1S/C18H15N3OS/c1-3-12-23-18-20-19-17(14-8-7-11-16(13-14)22-2)21(18)15-9-5-4-6-10-15/h1,4-11,13H,12H2,2H3. The number of benzene rings is 2. The van der Waals surface area contributed by atoms with Gasteiger partial charge in [-0.15, -0.1) is 16.6 Å². The number of rotatable bonds is 5. The Balaban J connectivity index is 2.13. The number of ether oxygens (including phenoxy) is 1. The predicted molar refractivity (Wildman–Crippen MR) is 92.9 cm³/mol. The molecule has 0 atom stereocenters. The summed E-state index contributed by atoms with van der Waals surface area (Å²) in [6, 6.07) is 17.8. The van der Waals surface area contributed by atoms with Gasteiger partial charge in [0.25, 0.3) is 0 Å². The molecule has 3 rings (SSSR count). The molecule has 0 saturated carbocycles. The Labute approximate surface area is 139 Å². The molecule has 0 amide bonds. The first-order valence-corrected chi connectivity index (χ1v) is 8.03. The van der Waals surface area contributed by atoms with Crippen LogP contribution in [0.1, 0.15) is 0 Å². The van der Waals surface area contributed by atoms with Gasteiger partial charge in [0, 0.05) is 11.3 Å². The molecule has 0 saturated heterocycles. The quantitative estimate of drug-likeness (QED) is 0.531. The van der Waals surface area contributed by atoms with Crippen LogP contribution in [0.15, 0.2) is 59.8 Å². The van der Waals surface area contributed by atoms with E-state index in [0.717, 1.165) is 28.0 Å². The SMILES string of the molecule is C#CCSc1nnc(-c2cccc(OC)c2)n1-c1ccccc1. The minimum atomic E-state index is 0.545. The summed E-state index contributed by atoms with van der Waals surface area (Å²) >= 11 is 1.49. The third kappa shape index (κ3) is 3.22. The van der Waals surface area contributed by atoms with E-state index in [4.69, 9.17) is 11.2 Å². The third-order valence-electron chi connectivity index (χ3n) is 3.26. The molecule has 4 nitrogen and oxygen atoms in total. The van der Waals surface area contributed by atoms with E-state index in [1.807, 2.05) is 59.2 Å². The molecule has 2 aromatic carbocycles. The molecular weight excluding hydrogens is 306 g/mol. The largest absolute Gasteiger partial charge is 0.497 e. The van der Waals surface area contributed by atoms with Crippen molar-refractivity contribution < 1.29 is 4.74 Å². The van der Waals surface area contributed by atoms with E-state index >= 15 is 0 Å². The van der Waals surface area contributed by atoms with Gasteiger partial charge in [0.2, 0.25) is 0 Å². The zero-order chi connectivity index (χ0) is 16.1. The van der Waals surface area contributed by atoms with Gasteiger partial charge < -0.3 is 4.74 Å². The van der Waals surface area contributed by atoms with Crippen molar-refractivity contribution in [3.63, 3.8) is 0 Å². The Morgan fingerprint density at radius 1 is 1.13 bits per heavy atom. The fourth-order valence-electron chi connectivity index (χ4n) is 2.23. The van der Waals surface area contributed by atoms with Crippen molar-refractivity contribution in [2.75, 3.05) is 12.9 Å². The monoisotopic (exact) mass is 321 g/mol. The van der Waals surface area contributed by atoms with Crippen LogP contribution >= 0.6 is 11.8 Å². The van der Waals surface area contributed by atoms with Crippen LogP contribution in [0.5, 0.6) is 5.75 Å². The molecular formula is C18H15N3OS. The van der Waals surface area contributed by atoms with Gasteiger partial charge in [-0.25, -0.2) is 0 Å². The van der Waals surface area contributed by atoms with E-state index in [0.29, 0.717) is 5.75 Å². The molecule has 0 unspecified atom stereocenters. The number of hydrogen-bond donors (Lipinski definition) is 0. The minimum Gasteiger partial charge on any atom is -0.497 e. The maximum Gasteiger partial charge on any atom is 0.197 e. The Morgan fingerprint density at radius 2 is 1.96 bits per heavy atom. The Kier molecular flexibility index (Phi) is 4.65. The highest BCUT2D eigenvalue weighted by molar-refractivity contribution is 7.99. The van der Waals surface area contributed by atoms with Crippen LogP contribution in [-0.2, 0) is 0 Å². The van der Waals surface area contributed by atoms with Crippen molar-refractivity contribution in [1.82, 2.24) is 14.8 Å². The van der Waals surface area contributed by atoms with Crippen LogP contribution in [0.2, 0.25) is 0 Å². The number of nitrogens with zero attached hydrogens (tertiary/aromatic N) is 3. The first-order chi connectivity index (χ1) is 11.3. The highest BCUT2D eigenvalue weighted by Crippen LogP contribution is 2.29. The summed E-state index contributed by atoms with van der Waals surface area (Å²) in [4.78, 5) is 0. The number of aromatic nitrogens is 3. The zero-order valence-corrected chi connectivity index (χ0v) is 13.5. The van der Waals surface area contributed by atoms with Crippen molar-refractivity contribution in [1.29, 1.82) is 0 Å². The molecule has 1 aromatic heterocycles. The van der Waals surface area contributed by atoms with E-state index in [9.17, 15) is 0 Å². The Bertz CT molecular complexity index is 837. The molecule has 0 fully saturated rings. The van der Waals surface area contributed by atoms with Crippen molar-refractivity contribution in [3.05, 3.63) is 54.6 Å². The van der Waals surface area contributed by atoms with Crippen LogP contribution in [0.4, 0.5) is 0 Å². The molecule has 5 heteroatoms. The van der Waals surface area contributed by atoms with Crippen molar-refractivity contribution >= 4 is 11.8 Å². The summed E-state index contributed by atoms with van der Waals surface area (Å²) in [5.41, 5.74) is 1.93. The molecule has 114 valence electrons. The van der Waals surface area contributed by atoms with Gasteiger partial charge in [0.15, 0.2) is 11.0 Å². The van der Waals surface area contributed by atoms with Crippen molar-refractivity contribution in [2.45, 2.75) is 5.16 Å². The van der Waals surface area contributed by atoms with Crippen LogP contribution < -0.4 is 4.74 Å². The first-order valence-electron chi connectivity index (χ1n) is 7.05. The first kappa shape index (κ1) is 15.2. The van der Waals surface area contributed by atoms with Crippen LogP contribution in [0.3, 0.4) is 0 Å². The zero-order valence-electron chi connectivity index (χ0n) is 12.6. The maximum atomic E-state index is 5.38. The molecule has 0 bridgehead atoms. The highest BCUT2D eigenvalue weighted by atomic mass is 32.2. The summed E-state index contributed by atoms with van der Waals surface area (Å²) in [5.74, 6) is 4.71. The molecule has 3 aromatic rings. The number of hydrogen-bond acceptors (Lipinski definition) is 4. The van der Waals surface area contributed by atoms with Gasteiger partial charge in [0.1, 0.15) is 5.75 Å². The van der Waals surface area contributed by atoms with Crippen LogP contribution in [0, 0.1) is 12.3 Å². The van der Waals surface area contributed by atoms with Gasteiger partial charge in [-0.2, -0.15) is 0 Å². The molecule has 0 aliphatic rings. The van der Waals surface area contributed by atoms with Gasteiger partial charge in [0.05, 0.1) is 12.9 Å². The maximum absolute atomic E-state index is 5.38. The fraction of sp³-hybridized carbons (Fsp3) is 0.111. The number of methoxy groups -OCH3 is 1. The van der Waals surface area contributed by atoms with Gasteiger partial charge >= 0.3 is 0 Å². The van der Waals surface area contributed by atoms with Crippen LogP contribution in [0.25, 0.3) is 17.1 Å². The smallest absolute Gasteiger partial charge is 0.197 e. The average Bonchev–Trinajstić information content (AvgIpc) is 3.04. The lowest BCUT2D eigenvalue weighted by molar-refractivity contribution is 0.415. The second-order valence-electron chi connectivity index (χ2n) is 4.70. The Morgan fingerprint density at radius 3 is 2.70 bits per heavy atom. The fourth-order valence-corrected chi connectivity index (χ4v) is 2.86. The summed E-state index contributed by atoms with van der Waals surface area (Å²) in [6.07, 6.45) is 5.38. The lowest BCUT2D eigenvalue weighted by atomic mass is 10.2. The summed E-state index contributed by atoms with van der Waals surface area (Å²) < 4.78 is 7.32. The molecule has 0 N–H and O–H groups in total. The molecule has 23 heavy (non-hydrogen) atoms. The summed E-state index contributed by atoms with van der Waals surface area (Å²) in [7, 11) is 1.65. The van der Waals surface area contributed by atoms with Crippen molar-refractivity contribution in [3.8, 4) is 35.2 Å². The van der Waals surface area contributed by atoms with Crippen molar-refractivity contribution in [2.24, 2.45) is 0 Å². The van der Waals surface area contributed by atoms with E-state index in [1.165, 1.54) is 11.8 Å². The van der Waals surface area contributed by atoms with Gasteiger partial charge in [-0.3, -0.25) is 4.57 Å². The van der Waals surface area contributed by atoms with Gasteiger partial charge in [-0.05, 0) is 24.3 Å². The molecule has 0 aliphatic heterocycles. The number of para-hydroxylation sites is 1. The summed E-state index contributed by atoms with van der Waals surface area (Å²) in [5, 5.41) is 9.43. The third-order valence-corrected chi connectivity index (χ3v) is 4.09. The normalized spacial score (nSPS) is 10.3. The number of thioether (sulfide) groups is 1. The summed E-state index contributed by atoms with van der Waals surface area (Å²) in [6.45, 7) is 0. The average molecular weight is 321 g/mol. The lowest BCUT2D eigenvalue weighted by Crippen LogP contribution is -1.99. The minimum absolute atomic E-state index is 0.545. The predicted octanol–water partition coefficient (Wildman–Crippen LogP) is 3.67. The Hall–Kier alpha value is -2.71. The van der Waals surface area contributed by atoms with E-state index in [2.05, 4.69) is 16.1 Å². The molecule has 0 aliphatic carbocycles. The molecule has 1 heterocycles. The lowest BCUT2D eigenvalue weighted by Gasteiger charge is -2.10. The second-order valence-corrected chi connectivity index (χ2v) is 5.64. The topological polar surface area (TPSA) is 39.9 Å². The number of terminal acetylenes is 1. The molecule has 0 spiro atoms. The van der Waals surface area contributed by atoms with E-state index in [-0.39, 0.29) is 0 Å². The highest BCUT2D eigenvalue weighted by Gasteiger charge is 2.16. The second kappa shape index (κ2) is 7.03. The van der Waals surface area contributed by atoms with Crippen LogP contribution in [-0.4, -0.2) is 27.6 Å².